The summed E-state index contributed by atoms with van der Waals surface area (Å²) in [6.45, 7) is 5.09. The number of piperidine rings is 1. The van der Waals surface area contributed by atoms with Crippen LogP contribution in [-0.4, -0.2) is 50.9 Å². The first kappa shape index (κ1) is 16.2. The van der Waals surface area contributed by atoms with Crippen LogP contribution in [0.2, 0.25) is 0 Å². The maximum absolute atomic E-state index is 12.2. The van der Waals surface area contributed by atoms with Gasteiger partial charge >= 0.3 is 6.03 Å². The summed E-state index contributed by atoms with van der Waals surface area (Å²) in [5.41, 5.74) is 1.37. The minimum Gasteiger partial charge on any atom is -0.345 e. The number of urea groups is 1. The highest BCUT2D eigenvalue weighted by atomic mass is 16.2. The minimum atomic E-state index is -0.331. The predicted octanol–water partition coefficient (Wildman–Crippen LogP) is 1.73. The molecule has 1 atom stereocenters. The van der Waals surface area contributed by atoms with Gasteiger partial charge in [0.1, 0.15) is 5.52 Å². The van der Waals surface area contributed by atoms with Crippen LogP contribution in [0, 0.1) is 5.92 Å². The molecular formula is C16H22N6O2. The lowest BCUT2D eigenvalue weighted by Crippen LogP contribution is -2.51. The van der Waals surface area contributed by atoms with Crippen molar-refractivity contribution in [1.29, 1.82) is 0 Å². The number of hydrogen-bond donors (Lipinski definition) is 3. The second-order valence-electron chi connectivity index (χ2n) is 6.34. The first-order valence-corrected chi connectivity index (χ1v) is 8.19. The van der Waals surface area contributed by atoms with Crippen LogP contribution < -0.4 is 10.6 Å². The quantitative estimate of drug-likeness (QED) is 0.797. The number of carbonyl (C=O) groups excluding carboxylic acids is 2. The third kappa shape index (κ3) is 3.64. The van der Waals surface area contributed by atoms with Crippen molar-refractivity contribution in [1.82, 2.24) is 25.2 Å². The lowest BCUT2D eigenvalue weighted by Gasteiger charge is -2.34. The molecule has 8 nitrogen and oxygen atoms in total. The highest BCUT2D eigenvalue weighted by Gasteiger charge is 2.26. The number of nitrogens with zero attached hydrogens (tertiary/aromatic N) is 3. The highest BCUT2D eigenvalue weighted by Crippen LogP contribution is 2.14. The van der Waals surface area contributed by atoms with Crippen molar-refractivity contribution in [2.45, 2.75) is 32.7 Å². The number of hydrogen-bond acceptors (Lipinski definition) is 4. The zero-order chi connectivity index (χ0) is 17.1. The molecule has 1 aliphatic heterocycles. The molecule has 2 aromatic rings. The fourth-order valence-electron chi connectivity index (χ4n) is 2.89. The summed E-state index contributed by atoms with van der Waals surface area (Å²) in [6.07, 6.45) is 5.00. The van der Waals surface area contributed by atoms with Crippen LogP contribution in [-0.2, 0) is 4.79 Å². The SMILES string of the molecule is CC(C)C(=O)N1CCCC(NC(=O)Nc2cnc3[nH]ccc3n2)C1. The van der Waals surface area contributed by atoms with Crippen molar-refractivity contribution in [3.8, 4) is 0 Å². The molecule has 1 saturated heterocycles. The topological polar surface area (TPSA) is 103 Å². The molecule has 24 heavy (non-hydrogen) atoms. The molecule has 0 radical (unpaired) electrons. The lowest BCUT2D eigenvalue weighted by atomic mass is 10.0. The van der Waals surface area contributed by atoms with Crippen molar-refractivity contribution >= 4 is 28.9 Å². The van der Waals surface area contributed by atoms with Crippen LogP contribution in [0.1, 0.15) is 26.7 Å². The van der Waals surface area contributed by atoms with Crippen molar-refractivity contribution in [2.75, 3.05) is 18.4 Å². The number of rotatable bonds is 3. The number of amides is 3. The summed E-state index contributed by atoms with van der Waals surface area (Å²) < 4.78 is 0. The van der Waals surface area contributed by atoms with Crippen molar-refractivity contribution < 1.29 is 9.59 Å². The van der Waals surface area contributed by atoms with Crippen LogP contribution in [0.25, 0.3) is 11.2 Å². The molecular weight excluding hydrogens is 308 g/mol. The molecule has 0 aliphatic carbocycles. The molecule has 0 aromatic carbocycles. The van der Waals surface area contributed by atoms with Crippen LogP contribution in [0.3, 0.4) is 0 Å². The molecule has 2 aromatic heterocycles. The molecule has 1 unspecified atom stereocenters. The number of aromatic amines is 1. The fraction of sp³-hybridized carbons (Fsp3) is 0.500. The molecule has 3 rings (SSSR count). The van der Waals surface area contributed by atoms with E-state index in [0.717, 1.165) is 19.4 Å². The van der Waals surface area contributed by atoms with Crippen LogP contribution in [0.4, 0.5) is 10.6 Å². The van der Waals surface area contributed by atoms with Gasteiger partial charge in [0, 0.05) is 31.2 Å². The van der Waals surface area contributed by atoms with Gasteiger partial charge in [0.2, 0.25) is 5.91 Å². The number of aromatic nitrogens is 3. The number of H-pyrrole nitrogens is 1. The van der Waals surface area contributed by atoms with Gasteiger partial charge in [0.25, 0.3) is 0 Å². The maximum Gasteiger partial charge on any atom is 0.320 e. The van der Waals surface area contributed by atoms with Crippen molar-refractivity contribution in [3.63, 3.8) is 0 Å². The zero-order valence-electron chi connectivity index (χ0n) is 13.9. The van der Waals surface area contributed by atoms with Gasteiger partial charge in [-0.05, 0) is 18.9 Å². The normalized spacial score (nSPS) is 18.0. The Morgan fingerprint density at radius 1 is 1.42 bits per heavy atom. The number of nitrogens with one attached hydrogen (secondary N) is 3. The third-order valence-corrected chi connectivity index (χ3v) is 4.06. The molecule has 3 amide bonds. The first-order chi connectivity index (χ1) is 11.5. The summed E-state index contributed by atoms with van der Waals surface area (Å²) in [5, 5.41) is 5.61. The number of likely N-dealkylation sites (tertiary alicyclic amines) is 1. The Kier molecular flexibility index (Phi) is 4.64. The molecule has 8 heteroatoms. The molecule has 128 valence electrons. The van der Waals surface area contributed by atoms with Gasteiger partial charge < -0.3 is 15.2 Å². The van der Waals surface area contributed by atoms with Gasteiger partial charge in [0.15, 0.2) is 11.5 Å². The van der Waals surface area contributed by atoms with E-state index in [1.807, 2.05) is 18.7 Å². The maximum atomic E-state index is 12.2. The zero-order valence-corrected chi connectivity index (χ0v) is 13.9. The predicted molar refractivity (Wildman–Crippen MR) is 90.5 cm³/mol. The Hall–Kier alpha value is -2.64. The first-order valence-electron chi connectivity index (χ1n) is 8.19. The standard InChI is InChI=1S/C16H22N6O2/c1-10(2)15(23)22-7-3-4-11(9-22)19-16(24)21-13-8-18-14-12(20-13)5-6-17-14/h5-6,8,10-11H,3-4,7,9H2,1-2H3,(H,17,18)(H2,19,20,21,24). The van der Waals surface area contributed by atoms with Crippen LogP contribution in [0.15, 0.2) is 18.5 Å². The molecule has 1 aliphatic rings. The van der Waals surface area contributed by atoms with Gasteiger partial charge in [-0.1, -0.05) is 13.8 Å². The second-order valence-corrected chi connectivity index (χ2v) is 6.34. The Morgan fingerprint density at radius 2 is 2.25 bits per heavy atom. The fourth-order valence-corrected chi connectivity index (χ4v) is 2.89. The molecule has 0 bridgehead atoms. The smallest absolute Gasteiger partial charge is 0.320 e. The molecule has 3 heterocycles. The Bertz CT molecular complexity index is 741. The molecule has 3 N–H and O–H groups in total. The van der Waals surface area contributed by atoms with Crippen LogP contribution in [0.5, 0.6) is 0 Å². The summed E-state index contributed by atoms with van der Waals surface area (Å²) in [5.74, 6) is 0.497. The highest BCUT2D eigenvalue weighted by molar-refractivity contribution is 5.89. The Balaban J connectivity index is 1.56. The van der Waals surface area contributed by atoms with E-state index in [9.17, 15) is 9.59 Å². The van der Waals surface area contributed by atoms with Gasteiger partial charge in [-0.3, -0.25) is 10.1 Å². The Labute approximate surface area is 140 Å². The van der Waals surface area contributed by atoms with E-state index in [0.29, 0.717) is 23.5 Å². The van der Waals surface area contributed by atoms with E-state index >= 15 is 0 Å². The van der Waals surface area contributed by atoms with E-state index in [-0.39, 0.29) is 23.9 Å². The minimum absolute atomic E-state index is 0.0269. The van der Waals surface area contributed by atoms with Gasteiger partial charge in [-0.25, -0.2) is 14.8 Å². The monoisotopic (exact) mass is 330 g/mol. The summed E-state index contributed by atoms with van der Waals surface area (Å²) in [4.78, 5) is 37.5. The van der Waals surface area contributed by atoms with Gasteiger partial charge in [-0.15, -0.1) is 0 Å². The van der Waals surface area contributed by atoms with E-state index in [2.05, 4.69) is 25.6 Å². The third-order valence-electron chi connectivity index (χ3n) is 4.06. The molecule has 1 fully saturated rings. The van der Waals surface area contributed by atoms with E-state index in [4.69, 9.17) is 0 Å². The largest absolute Gasteiger partial charge is 0.345 e. The Morgan fingerprint density at radius 3 is 3.04 bits per heavy atom. The summed E-state index contributed by atoms with van der Waals surface area (Å²) >= 11 is 0. The average molecular weight is 330 g/mol. The lowest BCUT2D eigenvalue weighted by molar-refractivity contribution is -0.135. The second kappa shape index (κ2) is 6.86. The van der Waals surface area contributed by atoms with Gasteiger partial charge in [-0.2, -0.15) is 0 Å². The van der Waals surface area contributed by atoms with Gasteiger partial charge in [0.05, 0.1) is 6.20 Å². The summed E-state index contributed by atoms with van der Waals surface area (Å²) in [7, 11) is 0. The number of fused-ring (bicyclic) bond motifs is 1. The van der Waals surface area contributed by atoms with E-state index in [1.54, 1.807) is 12.3 Å². The summed E-state index contributed by atoms with van der Waals surface area (Å²) in [6, 6.07) is 1.41. The van der Waals surface area contributed by atoms with E-state index in [1.165, 1.54) is 6.20 Å². The molecule has 0 spiro atoms. The number of carbonyl (C=O) groups is 2. The van der Waals surface area contributed by atoms with Crippen molar-refractivity contribution in [2.24, 2.45) is 5.92 Å². The van der Waals surface area contributed by atoms with E-state index < -0.39 is 0 Å². The molecule has 0 saturated carbocycles. The van der Waals surface area contributed by atoms with Crippen molar-refractivity contribution in [3.05, 3.63) is 18.5 Å². The number of anilines is 1. The van der Waals surface area contributed by atoms with Crippen LogP contribution >= 0.6 is 0 Å². The average Bonchev–Trinajstić information content (AvgIpc) is 3.01.